The average molecular weight is 169 g/mol. The third kappa shape index (κ3) is 2.48. The van der Waals surface area contributed by atoms with Crippen molar-refractivity contribution in [1.82, 2.24) is 0 Å². The van der Waals surface area contributed by atoms with Gasteiger partial charge in [0.1, 0.15) is 0 Å². The van der Waals surface area contributed by atoms with Crippen molar-refractivity contribution in [1.29, 1.82) is 0 Å². The minimum absolute atomic E-state index is 0.0919. The van der Waals surface area contributed by atoms with Crippen molar-refractivity contribution < 1.29 is 0 Å². The Morgan fingerprint density at radius 3 is 2.58 bits per heavy atom. The van der Waals surface area contributed by atoms with Gasteiger partial charge in [0, 0.05) is 5.54 Å². The molecule has 2 N–H and O–H groups in total. The molecule has 0 heterocycles. The van der Waals surface area contributed by atoms with Gasteiger partial charge in [-0.25, -0.2) is 0 Å². The van der Waals surface area contributed by atoms with Gasteiger partial charge >= 0.3 is 0 Å². The van der Waals surface area contributed by atoms with Gasteiger partial charge in [-0.15, -0.1) is 0 Å². The Morgan fingerprint density at radius 1 is 1.25 bits per heavy atom. The van der Waals surface area contributed by atoms with Gasteiger partial charge in [-0.05, 0) is 31.6 Å². The van der Waals surface area contributed by atoms with E-state index in [1.807, 2.05) is 0 Å². The third-order valence-electron chi connectivity index (χ3n) is 3.54. The van der Waals surface area contributed by atoms with Crippen molar-refractivity contribution >= 4 is 0 Å². The highest BCUT2D eigenvalue weighted by Gasteiger charge is 2.28. The molecule has 1 rings (SSSR count). The van der Waals surface area contributed by atoms with E-state index in [1.165, 1.54) is 32.1 Å². The van der Waals surface area contributed by atoms with Crippen LogP contribution >= 0.6 is 0 Å². The van der Waals surface area contributed by atoms with E-state index >= 15 is 0 Å². The normalized spacial score (nSPS) is 45.0. The van der Waals surface area contributed by atoms with Crippen LogP contribution < -0.4 is 5.73 Å². The lowest BCUT2D eigenvalue weighted by Gasteiger charge is -2.35. The first-order valence-electron chi connectivity index (χ1n) is 5.31. The molecule has 0 saturated heterocycles. The van der Waals surface area contributed by atoms with Crippen molar-refractivity contribution in [3.63, 3.8) is 0 Å². The maximum atomic E-state index is 6.25. The van der Waals surface area contributed by atoms with Crippen LogP contribution in [0.15, 0.2) is 0 Å². The Bertz CT molecular complexity index is 140. The summed E-state index contributed by atoms with van der Waals surface area (Å²) in [5.41, 5.74) is 6.34. The molecule has 0 aromatic carbocycles. The summed E-state index contributed by atoms with van der Waals surface area (Å²) in [6, 6.07) is 0. The molecule has 0 bridgehead atoms. The molecule has 0 spiro atoms. The lowest BCUT2D eigenvalue weighted by Crippen LogP contribution is -2.44. The number of rotatable bonds is 0. The second kappa shape index (κ2) is 3.78. The van der Waals surface area contributed by atoms with Crippen LogP contribution in [-0.4, -0.2) is 5.54 Å². The molecule has 0 radical (unpaired) electrons. The monoisotopic (exact) mass is 169 g/mol. The zero-order valence-corrected chi connectivity index (χ0v) is 8.77. The first-order valence-corrected chi connectivity index (χ1v) is 5.31. The molecular weight excluding hydrogens is 146 g/mol. The number of hydrogen-bond acceptors (Lipinski definition) is 1. The van der Waals surface area contributed by atoms with Gasteiger partial charge in [-0.2, -0.15) is 0 Å². The van der Waals surface area contributed by atoms with Crippen LogP contribution in [0.4, 0.5) is 0 Å². The summed E-state index contributed by atoms with van der Waals surface area (Å²) in [5, 5.41) is 0. The van der Waals surface area contributed by atoms with Crippen LogP contribution in [0.25, 0.3) is 0 Å². The first-order chi connectivity index (χ1) is 5.52. The predicted octanol–water partition coefficient (Wildman–Crippen LogP) is 2.94. The van der Waals surface area contributed by atoms with E-state index in [-0.39, 0.29) is 5.54 Å². The van der Waals surface area contributed by atoms with Crippen molar-refractivity contribution in [3.8, 4) is 0 Å². The molecule has 1 aliphatic carbocycles. The fraction of sp³-hybridized carbons (Fsp3) is 1.00. The molecule has 12 heavy (non-hydrogen) atoms. The third-order valence-corrected chi connectivity index (χ3v) is 3.54. The topological polar surface area (TPSA) is 26.0 Å². The molecule has 1 heteroatoms. The quantitative estimate of drug-likeness (QED) is 0.593. The van der Waals surface area contributed by atoms with Crippen molar-refractivity contribution in [2.75, 3.05) is 0 Å². The maximum Gasteiger partial charge on any atom is 0.0151 e. The lowest BCUT2D eigenvalue weighted by atomic mass is 9.75. The van der Waals surface area contributed by atoms with E-state index in [1.54, 1.807) is 0 Å². The molecule has 3 atom stereocenters. The summed E-state index contributed by atoms with van der Waals surface area (Å²) in [7, 11) is 0. The van der Waals surface area contributed by atoms with Crippen LogP contribution in [0.3, 0.4) is 0 Å². The van der Waals surface area contributed by atoms with Crippen LogP contribution in [0.5, 0.6) is 0 Å². The molecule has 1 fully saturated rings. The van der Waals surface area contributed by atoms with Gasteiger partial charge < -0.3 is 5.73 Å². The van der Waals surface area contributed by atoms with Crippen molar-refractivity contribution in [2.45, 2.75) is 58.4 Å². The van der Waals surface area contributed by atoms with Crippen LogP contribution in [0.1, 0.15) is 52.9 Å². The maximum absolute atomic E-state index is 6.25. The SMILES string of the molecule is CC1CCCC[C@@](C)(N)[C@H](C)C1. The minimum atomic E-state index is 0.0919. The van der Waals surface area contributed by atoms with E-state index in [2.05, 4.69) is 20.8 Å². The van der Waals surface area contributed by atoms with Gasteiger partial charge in [-0.1, -0.05) is 33.1 Å². The van der Waals surface area contributed by atoms with E-state index < -0.39 is 0 Å². The number of nitrogens with two attached hydrogens (primary N) is 1. The summed E-state index contributed by atoms with van der Waals surface area (Å²) in [4.78, 5) is 0. The van der Waals surface area contributed by atoms with E-state index in [9.17, 15) is 0 Å². The molecule has 1 saturated carbocycles. The van der Waals surface area contributed by atoms with Gasteiger partial charge in [0.2, 0.25) is 0 Å². The molecule has 0 aliphatic heterocycles. The first kappa shape index (κ1) is 10.0. The van der Waals surface area contributed by atoms with Crippen LogP contribution in [-0.2, 0) is 0 Å². The highest BCUT2D eigenvalue weighted by molar-refractivity contribution is 4.86. The highest BCUT2D eigenvalue weighted by Crippen LogP contribution is 2.31. The Morgan fingerprint density at radius 2 is 1.92 bits per heavy atom. The molecule has 0 amide bonds. The van der Waals surface area contributed by atoms with E-state index in [0.29, 0.717) is 5.92 Å². The summed E-state index contributed by atoms with van der Waals surface area (Å²) < 4.78 is 0. The number of hydrogen-bond donors (Lipinski definition) is 1. The van der Waals surface area contributed by atoms with Crippen LogP contribution in [0, 0.1) is 11.8 Å². The Hall–Kier alpha value is -0.0400. The van der Waals surface area contributed by atoms with E-state index in [0.717, 1.165) is 5.92 Å². The van der Waals surface area contributed by atoms with Crippen LogP contribution in [0.2, 0.25) is 0 Å². The highest BCUT2D eigenvalue weighted by atomic mass is 14.7. The molecule has 0 aromatic heterocycles. The Labute approximate surface area is 76.7 Å². The summed E-state index contributed by atoms with van der Waals surface area (Å²) >= 11 is 0. The largest absolute Gasteiger partial charge is 0.325 e. The van der Waals surface area contributed by atoms with Crippen molar-refractivity contribution in [3.05, 3.63) is 0 Å². The lowest BCUT2D eigenvalue weighted by molar-refractivity contribution is 0.216. The van der Waals surface area contributed by atoms with Gasteiger partial charge in [0.25, 0.3) is 0 Å². The Kier molecular flexibility index (Phi) is 3.16. The van der Waals surface area contributed by atoms with Crippen molar-refractivity contribution in [2.24, 2.45) is 17.6 Å². The molecule has 72 valence electrons. The zero-order valence-electron chi connectivity index (χ0n) is 8.77. The minimum Gasteiger partial charge on any atom is -0.325 e. The van der Waals surface area contributed by atoms with E-state index in [4.69, 9.17) is 5.73 Å². The standard InChI is InChI=1S/C11H23N/c1-9-6-4-5-7-11(3,12)10(2)8-9/h9-10H,4-8,12H2,1-3H3/t9?,10-,11-/m1/s1. The smallest absolute Gasteiger partial charge is 0.0151 e. The summed E-state index contributed by atoms with van der Waals surface area (Å²) in [6.07, 6.45) is 6.62. The van der Waals surface area contributed by atoms with Gasteiger partial charge in [0.15, 0.2) is 0 Å². The second-order valence-corrected chi connectivity index (χ2v) is 4.99. The fourth-order valence-electron chi connectivity index (χ4n) is 2.24. The molecule has 1 unspecified atom stereocenters. The second-order valence-electron chi connectivity index (χ2n) is 4.99. The molecule has 0 aromatic rings. The zero-order chi connectivity index (χ0) is 9.19. The fourth-order valence-corrected chi connectivity index (χ4v) is 2.24. The molecular formula is C11H23N. The summed E-state index contributed by atoms with van der Waals surface area (Å²) in [5.74, 6) is 1.57. The Balaban J connectivity index is 2.55. The van der Waals surface area contributed by atoms with Gasteiger partial charge in [0.05, 0.1) is 0 Å². The average Bonchev–Trinajstić information content (AvgIpc) is 1.96. The molecule has 1 aliphatic rings. The summed E-state index contributed by atoms with van der Waals surface area (Å²) in [6.45, 7) is 6.88. The molecule has 1 nitrogen and oxygen atoms in total. The predicted molar refractivity (Wildman–Crippen MR) is 54.0 cm³/mol. The van der Waals surface area contributed by atoms with Gasteiger partial charge in [-0.3, -0.25) is 0 Å².